The van der Waals surface area contributed by atoms with Crippen molar-refractivity contribution in [2.75, 3.05) is 24.6 Å². The Kier molecular flexibility index (Phi) is 4.24. The second kappa shape index (κ2) is 6.81. The van der Waals surface area contributed by atoms with Gasteiger partial charge in [-0.25, -0.2) is 4.98 Å². The van der Waals surface area contributed by atoms with Crippen LogP contribution in [0.5, 0.6) is 5.75 Å². The molecule has 0 atom stereocenters. The van der Waals surface area contributed by atoms with E-state index in [2.05, 4.69) is 40.3 Å². The molecule has 2 aromatic heterocycles. The van der Waals surface area contributed by atoms with Crippen LogP contribution in [0, 0.1) is 5.41 Å². The first kappa shape index (κ1) is 18.1. The van der Waals surface area contributed by atoms with Gasteiger partial charge in [-0.1, -0.05) is 25.2 Å². The highest BCUT2D eigenvalue weighted by molar-refractivity contribution is 7.17. The molecule has 4 heterocycles. The van der Waals surface area contributed by atoms with E-state index in [-0.39, 0.29) is 11.3 Å². The summed E-state index contributed by atoms with van der Waals surface area (Å²) in [6, 6.07) is 9.80. The van der Waals surface area contributed by atoms with Crippen molar-refractivity contribution in [3.63, 3.8) is 0 Å². The van der Waals surface area contributed by atoms with Crippen LogP contribution in [-0.4, -0.2) is 40.8 Å². The molecule has 2 aliphatic heterocycles. The number of ether oxygens (including phenoxy) is 1. The van der Waals surface area contributed by atoms with Gasteiger partial charge in [0.2, 0.25) is 0 Å². The van der Waals surface area contributed by atoms with E-state index in [1.54, 1.807) is 6.20 Å². The van der Waals surface area contributed by atoms with Gasteiger partial charge in [-0.3, -0.25) is 4.79 Å². The Hall–Kier alpha value is -3.00. The number of thiazole rings is 1. The van der Waals surface area contributed by atoms with Crippen molar-refractivity contribution in [3.8, 4) is 17.0 Å². The van der Waals surface area contributed by atoms with Gasteiger partial charge in [0.1, 0.15) is 17.2 Å². The van der Waals surface area contributed by atoms with Gasteiger partial charge in [-0.05, 0) is 42.2 Å². The number of nitrogens with one attached hydrogen (secondary N) is 1. The predicted octanol–water partition coefficient (Wildman–Crippen LogP) is 3.44. The van der Waals surface area contributed by atoms with Crippen LogP contribution >= 0.6 is 11.3 Å². The molecule has 5 rings (SSSR count). The lowest BCUT2D eigenvalue weighted by Crippen LogP contribution is -2.32. The average Bonchev–Trinajstić information content (AvgIpc) is 3.10. The third-order valence-corrected chi connectivity index (χ3v) is 6.31. The van der Waals surface area contributed by atoms with Gasteiger partial charge in [-0.15, -0.1) is 0 Å². The number of carbonyl (C=O) groups is 1. The van der Waals surface area contributed by atoms with Crippen LogP contribution in [0.1, 0.15) is 29.2 Å². The summed E-state index contributed by atoms with van der Waals surface area (Å²) in [6.45, 7) is 6.21. The van der Waals surface area contributed by atoms with Crippen molar-refractivity contribution in [1.29, 1.82) is 0 Å². The largest absolute Gasteiger partial charge is 0.490 e. The molecule has 0 radical (unpaired) electrons. The number of carbonyl (C=O) groups excluding carboxylic acids is 1. The molecule has 0 saturated heterocycles. The first-order chi connectivity index (χ1) is 14.0. The van der Waals surface area contributed by atoms with Crippen LogP contribution in [-0.2, 0) is 6.42 Å². The SMILES string of the molecule is CC1(C)CNC(=O)c2sc(N3CCOc4ccc(-c5cccnn5)cc43)nc2C1. The van der Waals surface area contributed by atoms with Crippen molar-refractivity contribution in [2.45, 2.75) is 20.3 Å². The molecule has 0 bridgehead atoms. The maximum Gasteiger partial charge on any atom is 0.263 e. The Morgan fingerprint density at radius 1 is 1.28 bits per heavy atom. The lowest BCUT2D eigenvalue weighted by atomic mass is 9.88. The van der Waals surface area contributed by atoms with Gasteiger partial charge in [-0.2, -0.15) is 10.2 Å². The molecule has 2 aliphatic rings. The quantitative estimate of drug-likeness (QED) is 0.701. The predicted molar refractivity (Wildman–Crippen MR) is 112 cm³/mol. The number of nitrogens with zero attached hydrogens (tertiary/aromatic N) is 4. The maximum absolute atomic E-state index is 12.6. The molecule has 0 fully saturated rings. The number of hydrogen-bond acceptors (Lipinski definition) is 7. The molecule has 29 heavy (non-hydrogen) atoms. The third-order valence-electron chi connectivity index (χ3n) is 5.19. The molecule has 0 spiro atoms. The van der Waals surface area contributed by atoms with E-state index in [4.69, 9.17) is 9.72 Å². The van der Waals surface area contributed by atoms with E-state index in [0.29, 0.717) is 24.6 Å². The van der Waals surface area contributed by atoms with Gasteiger partial charge >= 0.3 is 0 Å². The summed E-state index contributed by atoms with van der Waals surface area (Å²) < 4.78 is 5.86. The molecule has 1 aromatic carbocycles. The zero-order valence-electron chi connectivity index (χ0n) is 16.3. The maximum atomic E-state index is 12.6. The van der Waals surface area contributed by atoms with E-state index in [9.17, 15) is 4.79 Å². The van der Waals surface area contributed by atoms with Crippen molar-refractivity contribution in [1.82, 2.24) is 20.5 Å². The molecule has 1 N–H and O–H groups in total. The Balaban J connectivity index is 1.56. The van der Waals surface area contributed by atoms with Crippen LogP contribution in [0.2, 0.25) is 0 Å². The van der Waals surface area contributed by atoms with E-state index in [1.165, 1.54) is 11.3 Å². The van der Waals surface area contributed by atoms with E-state index in [1.807, 2.05) is 24.3 Å². The van der Waals surface area contributed by atoms with Crippen molar-refractivity contribution < 1.29 is 9.53 Å². The Morgan fingerprint density at radius 3 is 3.00 bits per heavy atom. The fourth-order valence-electron chi connectivity index (χ4n) is 3.70. The summed E-state index contributed by atoms with van der Waals surface area (Å²) in [5.41, 5.74) is 3.56. The standard InChI is InChI=1S/C21H21N5O2S/c1-21(2)11-15-18(19(27)22-12-21)29-20(24-15)26-8-9-28-17-6-5-13(10-16(17)26)14-4-3-7-23-25-14/h3-7,10H,8-9,11-12H2,1-2H3,(H,22,27). The average molecular weight is 407 g/mol. The minimum absolute atomic E-state index is 0.0195. The van der Waals surface area contributed by atoms with Gasteiger partial charge in [0.15, 0.2) is 5.13 Å². The minimum atomic E-state index is -0.0314. The number of rotatable bonds is 2. The summed E-state index contributed by atoms with van der Waals surface area (Å²) in [5, 5.41) is 12.0. The fraction of sp³-hybridized carbons (Fsp3) is 0.333. The zero-order chi connectivity index (χ0) is 20.0. The van der Waals surface area contributed by atoms with E-state index in [0.717, 1.165) is 39.9 Å². The number of anilines is 2. The fourth-order valence-corrected chi connectivity index (χ4v) is 4.74. The van der Waals surface area contributed by atoms with Gasteiger partial charge in [0.25, 0.3) is 5.91 Å². The molecule has 3 aromatic rings. The molecule has 1 amide bonds. The van der Waals surface area contributed by atoms with Crippen LogP contribution in [0.3, 0.4) is 0 Å². The number of aromatic nitrogens is 3. The third kappa shape index (κ3) is 3.33. The molecule has 7 nitrogen and oxygen atoms in total. The smallest absolute Gasteiger partial charge is 0.263 e. The molecule has 148 valence electrons. The number of amides is 1. The highest BCUT2D eigenvalue weighted by atomic mass is 32.1. The van der Waals surface area contributed by atoms with Crippen LogP contribution in [0.25, 0.3) is 11.3 Å². The Labute approximate surface area is 172 Å². The van der Waals surface area contributed by atoms with Crippen LogP contribution < -0.4 is 15.0 Å². The van der Waals surface area contributed by atoms with Crippen molar-refractivity contribution in [2.24, 2.45) is 5.41 Å². The second-order valence-electron chi connectivity index (χ2n) is 8.09. The number of fused-ring (bicyclic) bond motifs is 2. The summed E-state index contributed by atoms with van der Waals surface area (Å²) in [6.07, 6.45) is 2.43. The first-order valence-electron chi connectivity index (χ1n) is 9.61. The van der Waals surface area contributed by atoms with Gasteiger partial charge < -0.3 is 15.0 Å². The zero-order valence-corrected chi connectivity index (χ0v) is 17.1. The van der Waals surface area contributed by atoms with Crippen LogP contribution in [0.15, 0.2) is 36.5 Å². The van der Waals surface area contributed by atoms with Crippen molar-refractivity contribution in [3.05, 3.63) is 47.1 Å². The molecule has 0 aliphatic carbocycles. The topological polar surface area (TPSA) is 80.2 Å². The number of hydrogen-bond donors (Lipinski definition) is 1. The van der Waals surface area contributed by atoms with Crippen molar-refractivity contribution >= 4 is 28.1 Å². The van der Waals surface area contributed by atoms with E-state index < -0.39 is 0 Å². The molecular weight excluding hydrogens is 386 g/mol. The Bertz CT molecular complexity index is 1080. The highest BCUT2D eigenvalue weighted by Crippen LogP contribution is 2.42. The summed E-state index contributed by atoms with van der Waals surface area (Å²) in [7, 11) is 0. The molecule has 0 unspecified atom stereocenters. The molecule has 8 heteroatoms. The monoisotopic (exact) mass is 407 g/mol. The van der Waals surface area contributed by atoms with Crippen LogP contribution in [0.4, 0.5) is 10.8 Å². The minimum Gasteiger partial charge on any atom is -0.490 e. The summed E-state index contributed by atoms with van der Waals surface area (Å²) in [4.78, 5) is 20.3. The normalized spacial score (nSPS) is 17.6. The first-order valence-corrected chi connectivity index (χ1v) is 10.4. The lowest BCUT2D eigenvalue weighted by Gasteiger charge is -2.29. The second-order valence-corrected chi connectivity index (χ2v) is 9.06. The number of benzene rings is 1. The lowest BCUT2D eigenvalue weighted by molar-refractivity contribution is 0.0948. The van der Waals surface area contributed by atoms with Gasteiger partial charge in [0.05, 0.1) is 23.6 Å². The highest BCUT2D eigenvalue weighted by Gasteiger charge is 2.32. The molecular formula is C21H21N5O2S. The summed E-state index contributed by atoms with van der Waals surface area (Å²) in [5.74, 6) is 0.773. The summed E-state index contributed by atoms with van der Waals surface area (Å²) >= 11 is 1.45. The van der Waals surface area contributed by atoms with E-state index >= 15 is 0 Å². The van der Waals surface area contributed by atoms with Gasteiger partial charge in [0, 0.05) is 18.3 Å². The Morgan fingerprint density at radius 2 is 2.17 bits per heavy atom. The molecule has 0 saturated carbocycles.